The summed E-state index contributed by atoms with van der Waals surface area (Å²) in [5, 5.41) is 0. The number of ether oxygens (including phenoxy) is 6. The Morgan fingerprint density at radius 3 is 1.95 bits per heavy atom. The normalized spacial score (nSPS) is 34.1. The number of rotatable bonds is 14. The van der Waals surface area contributed by atoms with Gasteiger partial charge in [-0.25, -0.2) is 14.2 Å². The second kappa shape index (κ2) is 14.7. The molecule has 5 aliphatic heterocycles. The molecule has 5 heterocycles. The Kier molecular flexibility index (Phi) is 9.47. The van der Waals surface area contributed by atoms with Gasteiger partial charge < -0.3 is 28.4 Å². The van der Waals surface area contributed by atoms with Crippen LogP contribution in [0.3, 0.4) is 0 Å². The van der Waals surface area contributed by atoms with Crippen LogP contribution in [-0.2, 0) is 64.6 Å². The monoisotopic (exact) mass is 858 g/mol. The van der Waals surface area contributed by atoms with Crippen LogP contribution in [0.1, 0.15) is 67.1 Å². The van der Waals surface area contributed by atoms with Crippen molar-refractivity contribution in [3.63, 3.8) is 0 Å². The van der Waals surface area contributed by atoms with Crippen molar-refractivity contribution in [2.24, 2.45) is 17.3 Å². The molecule has 13 heteroatoms. The van der Waals surface area contributed by atoms with Gasteiger partial charge in [-0.3, -0.25) is 13.6 Å². The van der Waals surface area contributed by atoms with Crippen LogP contribution in [-0.4, -0.2) is 60.0 Å². The standard InChI is InChI=1S/C49H47O12P/c1-30(2)48-41(60-48)42-49(61-42)46(3)25-24-35-37(40(58-44(35)51)39(33-20-12-6-13-21-33)57-43(50)34-22-14-7-15-23-34)38(46)36-26-47(49,59-36)45(48)53-29-56-62(52,54-27-31-16-8-4-9-17-31)55-28-32-18-10-5-11-19-32/h4-23,30,36,38,41-42,45H,24-29H2,1-3H3/b40-39+/t36?,38-,41-,42-,45-,46-,47+,48-,49+/m0/s1. The van der Waals surface area contributed by atoms with Crippen molar-refractivity contribution in [1.82, 2.24) is 0 Å². The molecule has 4 aromatic rings. The number of carbonyl (C=O) groups is 2. The molecule has 3 aliphatic carbocycles. The Balaban J connectivity index is 0.915. The highest BCUT2D eigenvalue weighted by molar-refractivity contribution is 7.48. The zero-order valence-corrected chi connectivity index (χ0v) is 35.5. The summed E-state index contributed by atoms with van der Waals surface area (Å²) < 4.78 is 72.3. The second-order valence-corrected chi connectivity index (χ2v) is 19.5. The lowest BCUT2D eigenvalue weighted by atomic mass is 9.41. The zero-order valence-electron chi connectivity index (χ0n) is 34.6. The number of hydrogen-bond donors (Lipinski definition) is 0. The maximum atomic E-state index is 14.3. The fourth-order valence-electron chi connectivity index (χ4n) is 11.5. The minimum absolute atomic E-state index is 0.00140. The third kappa shape index (κ3) is 5.88. The molecule has 8 aliphatic rings. The van der Waals surface area contributed by atoms with Crippen LogP contribution in [0.5, 0.6) is 0 Å². The lowest BCUT2D eigenvalue weighted by Gasteiger charge is -2.70. The van der Waals surface area contributed by atoms with Gasteiger partial charge in [-0.05, 0) is 42.0 Å². The van der Waals surface area contributed by atoms with E-state index in [4.69, 9.17) is 42.0 Å². The molecule has 4 aromatic carbocycles. The highest BCUT2D eigenvalue weighted by atomic mass is 31.2. The van der Waals surface area contributed by atoms with Gasteiger partial charge in [0.25, 0.3) is 0 Å². The SMILES string of the molecule is CC(C)[C@]12O[C@H]1[C@@H]1O[C@@]13[C@@]1(C)CCC4=C(/C(=C(\OC(=O)c5ccccc5)c5ccccc5)OC4=O)[C@@H]1C1C[C@@]3(O1)[C@@H]2OCOP(=O)(OCc1ccccc1)OCc1ccccc1. The summed E-state index contributed by atoms with van der Waals surface area (Å²) >= 11 is 0. The van der Waals surface area contributed by atoms with Gasteiger partial charge in [0.2, 0.25) is 0 Å². The second-order valence-electron chi connectivity index (χ2n) is 17.8. The van der Waals surface area contributed by atoms with E-state index in [1.54, 1.807) is 24.3 Å². The number of phosphoric acid groups is 1. The van der Waals surface area contributed by atoms with Gasteiger partial charge in [0, 0.05) is 34.5 Å². The maximum absolute atomic E-state index is 14.3. The molecule has 12 nitrogen and oxygen atoms in total. The minimum Gasteiger partial charge on any atom is -0.419 e. The Morgan fingerprint density at radius 2 is 1.35 bits per heavy atom. The predicted molar refractivity (Wildman–Crippen MR) is 222 cm³/mol. The first kappa shape index (κ1) is 40.1. The molecule has 2 bridgehead atoms. The smallest absolute Gasteiger partial charge is 0.419 e. The highest BCUT2D eigenvalue weighted by Gasteiger charge is 2.98. The summed E-state index contributed by atoms with van der Waals surface area (Å²) in [6, 6.07) is 36.8. The molecule has 320 valence electrons. The van der Waals surface area contributed by atoms with Gasteiger partial charge in [0.05, 0.1) is 24.9 Å². The van der Waals surface area contributed by atoms with Crippen molar-refractivity contribution in [2.75, 3.05) is 6.79 Å². The number of hydrogen-bond acceptors (Lipinski definition) is 12. The first-order chi connectivity index (χ1) is 30.0. The first-order valence-corrected chi connectivity index (χ1v) is 22.8. The van der Waals surface area contributed by atoms with Crippen molar-refractivity contribution in [2.45, 2.75) is 94.5 Å². The molecule has 62 heavy (non-hydrogen) atoms. The predicted octanol–water partition coefficient (Wildman–Crippen LogP) is 8.87. The fourth-order valence-corrected chi connectivity index (χ4v) is 12.5. The van der Waals surface area contributed by atoms with Crippen molar-refractivity contribution in [1.29, 1.82) is 0 Å². The van der Waals surface area contributed by atoms with E-state index in [1.807, 2.05) is 97.1 Å². The molecule has 1 unspecified atom stereocenters. The summed E-state index contributed by atoms with van der Waals surface area (Å²) in [4.78, 5) is 27.5. The van der Waals surface area contributed by atoms with E-state index in [9.17, 15) is 14.2 Å². The largest absolute Gasteiger partial charge is 0.477 e. The Bertz CT molecular complexity index is 2470. The number of epoxide rings is 2. The molecule has 2 saturated carbocycles. The Hall–Kier alpha value is -4.75. The van der Waals surface area contributed by atoms with Crippen molar-refractivity contribution in [3.05, 3.63) is 160 Å². The lowest BCUT2D eigenvalue weighted by molar-refractivity contribution is -0.375. The van der Waals surface area contributed by atoms with Gasteiger partial charge >= 0.3 is 19.8 Å². The first-order valence-electron chi connectivity index (χ1n) is 21.3. The topological polar surface area (TPSA) is 141 Å². The number of benzene rings is 4. The molecule has 6 fully saturated rings. The fraction of sp³-hybridized carbons (Fsp3) is 0.388. The van der Waals surface area contributed by atoms with Gasteiger partial charge in [-0.1, -0.05) is 130 Å². The molecule has 0 aromatic heterocycles. The average molecular weight is 859 g/mol. The molecule has 0 N–H and O–H groups in total. The number of fused-ring (bicyclic) bond motifs is 2. The summed E-state index contributed by atoms with van der Waals surface area (Å²) in [6.45, 7) is 5.99. The molecule has 12 rings (SSSR count). The van der Waals surface area contributed by atoms with E-state index in [2.05, 4.69) is 20.8 Å². The molecular weight excluding hydrogens is 812 g/mol. The van der Waals surface area contributed by atoms with Gasteiger partial charge in [-0.2, -0.15) is 0 Å². The number of carbonyl (C=O) groups excluding carboxylic acids is 2. The van der Waals surface area contributed by atoms with Crippen LogP contribution < -0.4 is 0 Å². The maximum Gasteiger partial charge on any atom is 0.477 e. The molecule has 9 atom stereocenters. The van der Waals surface area contributed by atoms with Gasteiger partial charge in [0.1, 0.15) is 35.1 Å². The summed E-state index contributed by atoms with van der Waals surface area (Å²) in [5.74, 6) is -0.980. The van der Waals surface area contributed by atoms with E-state index < -0.39 is 54.9 Å². The number of esters is 2. The molecule has 4 saturated heterocycles. The van der Waals surface area contributed by atoms with E-state index >= 15 is 0 Å². The summed E-state index contributed by atoms with van der Waals surface area (Å²) in [7, 11) is -4.18. The summed E-state index contributed by atoms with van der Waals surface area (Å²) in [6.07, 6.45) is -0.0838. The molecular formula is C49H47O12P. The number of cyclic esters (lactones) is 1. The van der Waals surface area contributed by atoms with E-state index in [1.165, 1.54) is 0 Å². The van der Waals surface area contributed by atoms with Gasteiger partial charge in [-0.15, -0.1) is 0 Å². The van der Waals surface area contributed by atoms with Crippen LogP contribution >= 0.6 is 7.82 Å². The van der Waals surface area contributed by atoms with E-state index in [-0.39, 0.29) is 54.9 Å². The van der Waals surface area contributed by atoms with Crippen molar-refractivity contribution >= 4 is 25.5 Å². The van der Waals surface area contributed by atoms with Crippen molar-refractivity contribution < 1.29 is 56.1 Å². The van der Waals surface area contributed by atoms with Crippen molar-refractivity contribution in [3.8, 4) is 0 Å². The lowest BCUT2D eigenvalue weighted by Crippen LogP contribution is -2.84. The number of phosphoric ester groups is 1. The Morgan fingerprint density at radius 1 is 0.774 bits per heavy atom. The quantitative estimate of drug-likeness (QED) is 0.0393. The average Bonchev–Trinajstić information content (AvgIpc) is 4.19. The van der Waals surface area contributed by atoms with E-state index in [0.29, 0.717) is 41.5 Å². The Labute approximate surface area is 359 Å². The molecule has 0 amide bonds. The van der Waals surface area contributed by atoms with Crippen LogP contribution in [0, 0.1) is 17.3 Å². The van der Waals surface area contributed by atoms with Crippen LogP contribution in [0.25, 0.3) is 5.76 Å². The van der Waals surface area contributed by atoms with Gasteiger partial charge in [0.15, 0.2) is 18.3 Å². The van der Waals surface area contributed by atoms with E-state index in [0.717, 1.165) is 11.1 Å². The zero-order chi connectivity index (χ0) is 42.5. The molecule has 0 radical (unpaired) electrons. The van der Waals surface area contributed by atoms with Crippen LogP contribution in [0.4, 0.5) is 0 Å². The highest BCUT2D eigenvalue weighted by Crippen LogP contribution is 2.83. The third-order valence-electron chi connectivity index (χ3n) is 14.4. The number of allylic oxidation sites excluding steroid dienone is 1. The molecule has 2 spiro atoms. The summed E-state index contributed by atoms with van der Waals surface area (Å²) in [5.41, 5.74) is 0.640. The van der Waals surface area contributed by atoms with Crippen LogP contribution in [0.15, 0.2) is 138 Å². The third-order valence-corrected chi connectivity index (χ3v) is 15.7. The van der Waals surface area contributed by atoms with Crippen LogP contribution in [0.2, 0.25) is 0 Å². The minimum atomic E-state index is -4.18.